The van der Waals surface area contributed by atoms with Crippen molar-refractivity contribution < 1.29 is 13.6 Å². The van der Waals surface area contributed by atoms with E-state index >= 15 is 0 Å². The number of anilines is 2. The molecule has 5 rings (SSSR count). The van der Waals surface area contributed by atoms with Crippen LogP contribution in [0.15, 0.2) is 36.8 Å². The van der Waals surface area contributed by atoms with E-state index in [2.05, 4.69) is 30.5 Å². The van der Waals surface area contributed by atoms with E-state index in [4.69, 9.17) is 0 Å². The zero-order valence-corrected chi connectivity index (χ0v) is 16.9. The van der Waals surface area contributed by atoms with Crippen LogP contribution in [0.3, 0.4) is 0 Å². The molecule has 7 nitrogen and oxygen atoms in total. The van der Waals surface area contributed by atoms with Crippen molar-refractivity contribution in [3.63, 3.8) is 0 Å². The Hall–Kier alpha value is -3.23. The maximum absolute atomic E-state index is 13.6. The number of H-pyrrole nitrogens is 1. The van der Waals surface area contributed by atoms with Crippen molar-refractivity contribution in [1.29, 1.82) is 0 Å². The van der Waals surface area contributed by atoms with E-state index in [0.717, 1.165) is 55.1 Å². The highest BCUT2D eigenvalue weighted by Crippen LogP contribution is 2.35. The van der Waals surface area contributed by atoms with Crippen LogP contribution in [0, 0.1) is 17.6 Å². The van der Waals surface area contributed by atoms with Crippen molar-refractivity contribution >= 4 is 28.4 Å². The van der Waals surface area contributed by atoms with Gasteiger partial charge in [-0.05, 0) is 49.8 Å². The summed E-state index contributed by atoms with van der Waals surface area (Å²) in [5, 5.41) is 7.15. The first kappa shape index (κ1) is 19.7. The maximum atomic E-state index is 13.6. The van der Waals surface area contributed by atoms with Gasteiger partial charge in [-0.1, -0.05) is 0 Å². The van der Waals surface area contributed by atoms with Crippen LogP contribution in [0.4, 0.5) is 20.3 Å². The summed E-state index contributed by atoms with van der Waals surface area (Å²) in [5.74, 6) is -0.430. The van der Waals surface area contributed by atoms with Crippen LogP contribution in [0.1, 0.15) is 25.7 Å². The second-order valence-corrected chi connectivity index (χ2v) is 8.35. The molecular weight excluding hydrogens is 402 g/mol. The Morgan fingerprint density at radius 3 is 2.74 bits per heavy atom. The Balaban J connectivity index is 1.28. The van der Waals surface area contributed by atoms with Crippen molar-refractivity contribution in [3.8, 4) is 0 Å². The molecule has 1 amide bonds. The number of aromatic amines is 1. The number of rotatable bonds is 6. The first-order valence-electron chi connectivity index (χ1n) is 10.6. The van der Waals surface area contributed by atoms with Crippen LogP contribution in [0.25, 0.3) is 11.0 Å². The number of hydrogen-bond donors (Lipinski definition) is 3. The Morgan fingerprint density at radius 2 is 1.97 bits per heavy atom. The van der Waals surface area contributed by atoms with Gasteiger partial charge in [-0.2, -0.15) is 0 Å². The second-order valence-electron chi connectivity index (χ2n) is 8.35. The number of nitrogens with one attached hydrogen (secondary N) is 3. The Kier molecular flexibility index (Phi) is 5.17. The van der Waals surface area contributed by atoms with Crippen molar-refractivity contribution in [2.45, 2.75) is 37.8 Å². The Labute approximate surface area is 178 Å². The smallest absolute Gasteiger partial charge is 0.243 e. The van der Waals surface area contributed by atoms with Gasteiger partial charge in [0.2, 0.25) is 5.91 Å². The molecule has 0 spiro atoms. The molecule has 1 saturated carbocycles. The molecule has 2 aromatic heterocycles. The monoisotopic (exact) mass is 426 g/mol. The number of carbonyl (C=O) groups is 1. The van der Waals surface area contributed by atoms with Crippen LogP contribution in [-0.2, 0) is 4.79 Å². The quantitative estimate of drug-likeness (QED) is 0.564. The third-order valence-electron chi connectivity index (χ3n) is 5.96. The van der Waals surface area contributed by atoms with Gasteiger partial charge in [-0.3, -0.25) is 4.79 Å². The lowest BCUT2D eigenvalue weighted by atomic mass is 10.0. The van der Waals surface area contributed by atoms with E-state index in [0.29, 0.717) is 6.54 Å². The average molecular weight is 426 g/mol. The standard InChI is InChI=1S/C22H24F2N6O/c23-14-8-15(24)10-17(9-14)28-19(13-3-4-13)22(31)29-16-2-1-7-30(11-16)21-18-5-6-25-20(18)26-12-27-21/h5-6,8-10,12-13,16,19,28H,1-4,7,11H2,(H,29,31)(H,25,26,27). The number of benzene rings is 1. The molecule has 162 valence electrons. The summed E-state index contributed by atoms with van der Waals surface area (Å²) >= 11 is 0. The number of nitrogens with zero attached hydrogens (tertiary/aromatic N) is 3. The Morgan fingerprint density at radius 1 is 1.16 bits per heavy atom. The first-order chi connectivity index (χ1) is 15.1. The van der Waals surface area contributed by atoms with E-state index in [1.54, 1.807) is 6.33 Å². The molecule has 1 aromatic carbocycles. The van der Waals surface area contributed by atoms with Gasteiger partial charge in [-0.25, -0.2) is 18.7 Å². The number of carbonyl (C=O) groups excluding carboxylic acids is 1. The zero-order chi connectivity index (χ0) is 21.4. The fraction of sp³-hybridized carbons (Fsp3) is 0.409. The second kappa shape index (κ2) is 8.13. The normalized spacial score (nSPS) is 19.9. The molecule has 2 atom stereocenters. The summed E-state index contributed by atoms with van der Waals surface area (Å²) < 4.78 is 27.1. The number of halogens is 2. The van der Waals surface area contributed by atoms with E-state index in [1.807, 2.05) is 12.3 Å². The summed E-state index contributed by atoms with van der Waals surface area (Å²) in [6.07, 6.45) is 7.03. The van der Waals surface area contributed by atoms with Gasteiger partial charge < -0.3 is 20.5 Å². The van der Waals surface area contributed by atoms with Crippen LogP contribution in [0.2, 0.25) is 0 Å². The van der Waals surface area contributed by atoms with Gasteiger partial charge in [0.25, 0.3) is 0 Å². The molecule has 2 aliphatic rings. The number of hydrogen-bond acceptors (Lipinski definition) is 5. The molecule has 1 aliphatic carbocycles. The maximum Gasteiger partial charge on any atom is 0.243 e. The highest BCUT2D eigenvalue weighted by atomic mass is 19.1. The van der Waals surface area contributed by atoms with Gasteiger partial charge in [0.15, 0.2) is 0 Å². The summed E-state index contributed by atoms with van der Waals surface area (Å²) in [6.45, 7) is 1.51. The molecule has 0 bridgehead atoms. The van der Waals surface area contributed by atoms with Gasteiger partial charge in [-0.15, -0.1) is 0 Å². The topological polar surface area (TPSA) is 85.9 Å². The highest BCUT2D eigenvalue weighted by molar-refractivity contribution is 5.88. The van der Waals surface area contributed by atoms with Crippen molar-refractivity contribution in [3.05, 3.63) is 48.4 Å². The van der Waals surface area contributed by atoms with Gasteiger partial charge >= 0.3 is 0 Å². The van der Waals surface area contributed by atoms with E-state index in [1.165, 1.54) is 12.1 Å². The minimum Gasteiger partial charge on any atom is -0.373 e. The first-order valence-corrected chi connectivity index (χ1v) is 10.6. The van der Waals surface area contributed by atoms with Crippen molar-refractivity contribution in [2.75, 3.05) is 23.3 Å². The average Bonchev–Trinajstić information content (AvgIpc) is 3.46. The predicted octanol–water partition coefficient (Wildman–Crippen LogP) is 3.21. The van der Waals surface area contributed by atoms with Crippen LogP contribution >= 0.6 is 0 Å². The molecule has 2 fully saturated rings. The fourth-order valence-corrected chi connectivity index (χ4v) is 4.33. The van der Waals surface area contributed by atoms with Crippen molar-refractivity contribution in [2.24, 2.45) is 5.92 Å². The van der Waals surface area contributed by atoms with Gasteiger partial charge in [0.1, 0.15) is 35.5 Å². The van der Waals surface area contributed by atoms with E-state index < -0.39 is 17.7 Å². The lowest BCUT2D eigenvalue weighted by molar-refractivity contribution is -0.123. The molecule has 0 radical (unpaired) electrons. The molecule has 1 aliphatic heterocycles. The molecule has 1 saturated heterocycles. The molecule has 3 N–H and O–H groups in total. The predicted molar refractivity (Wildman–Crippen MR) is 114 cm³/mol. The van der Waals surface area contributed by atoms with E-state index in [-0.39, 0.29) is 23.6 Å². The molecule has 31 heavy (non-hydrogen) atoms. The van der Waals surface area contributed by atoms with E-state index in [9.17, 15) is 13.6 Å². The number of amides is 1. The molecular formula is C22H24F2N6O. The third-order valence-corrected chi connectivity index (χ3v) is 5.96. The Bertz CT molecular complexity index is 1080. The fourth-order valence-electron chi connectivity index (χ4n) is 4.33. The summed E-state index contributed by atoms with van der Waals surface area (Å²) in [6, 6.07) is 4.67. The van der Waals surface area contributed by atoms with Gasteiger partial charge in [0.05, 0.1) is 5.39 Å². The zero-order valence-electron chi connectivity index (χ0n) is 16.9. The minimum atomic E-state index is -0.665. The van der Waals surface area contributed by atoms with Crippen LogP contribution in [-0.4, -0.2) is 46.0 Å². The number of aromatic nitrogens is 3. The highest BCUT2D eigenvalue weighted by Gasteiger charge is 2.37. The van der Waals surface area contributed by atoms with Crippen LogP contribution in [0.5, 0.6) is 0 Å². The van der Waals surface area contributed by atoms with Crippen LogP contribution < -0.4 is 15.5 Å². The molecule has 3 heterocycles. The largest absolute Gasteiger partial charge is 0.373 e. The summed E-state index contributed by atoms with van der Waals surface area (Å²) in [7, 11) is 0. The minimum absolute atomic E-state index is 0.0301. The number of fused-ring (bicyclic) bond motifs is 1. The van der Waals surface area contributed by atoms with Crippen molar-refractivity contribution in [1.82, 2.24) is 20.3 Å². The molecule has 9 heteroatoms. The molecule has 2 unspecified atom stereocenters. The summed E-state index contributed by atoms with van der Waals surface area (Å²) in [5.41, 5.74) is 1.07. The SMILES string of the molecule is O=C(NC1CCCN(c2ncnc3[nH]ccc23)C1)C(Nc1cc(F)cc(F)c1)C1CC1. The van der Waals surface area contributed by atoms with Gasteiger partial charge in [0, 0.05) is 37.1 Å². The molecule has 3 aromatic rings. The number of piperidine rings is 1. The lowest BCUT2D eigenvalue weighted by Crippen LogP contribution is -2.52. The lowest BCUT2D eigenvalue weighted by Gasteiger charge is -2.35. The third kappa shape index (κ3) is 4.30. The summed E-state index contributed by atoms with van der Waals surface area (Å²) in [4.78, 5) is 27.0.